The molecule has 0 radical (unpaired) electrons. The van der Waals surface area contributed by atoms with Gasteiger partial charge in [0, 0.05) is 77.0 Å². The Morgan fingerprint density at radius 1 is 0.590 bits per heavy atom. The Kier molecular flexibility index (Phi) is 15.7. The molecule has 0 amide bonds. The predicted octanol–water partition coefficient (Wildman–Crippen LogP) is 8.09. The van der Waals surface area contributed by atoms with Crippen LogP contribution in [0.2, 0.25) is 10.0 Å². The van der Waals surface area contributed by atoms with Gasteiger partial charge in [0.15, 0.2) is 0 Å². The molecule has 0 fully saturated rings. The van der Waals surface area contributed by atoms with E-state index in [1.54, 1.807) is 0 Å². The lowest BCUT2D eigenvalue weighted by atomic mass is 9.54. The van der Waals surface area contributed by atoms with E-state index in [1.165, 1.54) is 0 Å². The summed E-state index contributed by atoms with van der Waals surface area (Å²) in [6.45, 7) is 1.75. The second kappa shape index (κ2) is 17.1. The van der Waals surface area contributed by atoms with Crippen LogP contribution in [0.4, 0.5) is 0 Å². The van der Waals surface area contributed by atoms with Crippen molar-refractivity contribution < 1.29 is 0 Å². The first-order valence-corrected chi connectivity index (χ1v) is 16.6. The van der Waals surface area contributed by atoms with E-state index in [9.17, 15) is 0 Å². The van der Waals surface area contributed by atoms with Crippen LogP contribution < -0.4 is 0 Å². The fourth-order valence-electron chi connectivity index (χ4n) is 5.98. The van der Waals surface area contributed by atoms with Gasteiger partial charge in [0.05, 0.1) is 11.0 Å². The molecule has 2 aromatic carbocycles. The lowest BCUT2D eigenvalue weighted by molar-refractivity contribution is -0.0457. The first-order valence-electron chi connectivity index (χ1n) is 12.7. The van der Waals surface area contributed by atoms with Crippen LogP contribution in [0, 0.1) is 0 Å². The van der Waals surface area contributed by atoms with Gasteiger partial charge < -0.3 is 9.80 Å². The molecule has 0 aliphatic rings. The standard InChI is InChI=1S/C28H37Cl8N3/c1-37(15-12-29)25(18-32)28(22-6-10-24(36)11-7-22,26(19-33)38(2)16-13-30)27(20-34,39(3)17-14-31)21-4-8-23(35)9-5-21/h4-11,25-26H,12-20H2,1-3H3. The summed E-state index contributed by atoms with van der Waals surface area (Å²) in [5, 5.41) is 1.25. The average molecular weight is 699 g/mol. The molecule has 0 bridgehead atoms. The quantitative estimate of drug-likeness (QED) is 0.155. The molecule has 3 nitrogen and oxygen atoms in total. The monoisotopic (exact) mass is 695 g/mol. The first-order chi connectivity index (χ1) is 18.7. The minimum absolute atomic E-state index is 0.203. The van der Waals surface area contributed by atoms with Crippen LogP contribution in [0.15, 0.2) is 48.5 Å². The number of halogens is 8. The lowest BCUT2D eigenvalue weighted by Gasteiger charge is -2.63. The summed E-state index contributed by atoms with van der Waals surface area (Å²) in [6, 6.07) is 15.2. The van der Waals surface area contributed by atoms with E-state index in [0.717, 1.165) is 11.1 Å². The van der Waals surface area contributed by atoms with Crippen LogP contribution in [-0.4, -0.2) is 103 Å². The molecule has 11 heteroatoms. The van der Waals surface area contributed by atoms with Gasteiger partial charge in [-0.2, -0.15) is 0 Å². The number of likely N-dealkylation sites (N-methyl/N-ethyl adjacent to an activating group) is 3. The lowest BCUT2D eigenvalue weighted by Crippen LogP contribution is -2.75. The van der Waals surface area contributed by atoms with Gasteiger partial charge in [-0.15, -0.1) is 69.6 Å². The van der Waals surface area contributed by atoms with Crippen molar-refractivity contribution >= 4 is 92.8 Å². The van der Waals surface area contributed by atoms with Gasteiger partial charge in [-0.25, -0.2) is 0 Å². The summed E-state index contributed by atoms with van der Waals surface area (Å²) >= 11 is 53.1. The molecule has 2 rings (SSSR count). The third-order valence-corrected chi connectivity index (χ3v) is 9.86. The molecule has 3 atom stereocenters. The molecule has 0 aliphatic carbocycles. The summed E-state index contributed by atoms with van der Waals surface area (Å²) in [6.07, 6.45) is 0. The molecule has 0 saturated carbocycles. The summed E-state index contributed by atoms with van der Waals surface area (Å²) < 4.78 is 0. The van der Waals surface area contributed by atoms with Crippen molar-refractivity contribution in [3.05, 3.63) is 69.7 Å². The van der Waals surface area contributed by atoms with Crippen LogP contribution in [0.25, 0.3) is 0 Å². The van der Waals surface area contributed by atoms with E-state index < -0.39 is 11.0 Å². The Balaban J connectivity index is 3.26. The van der Waals surface area contributed by atoms with E-state index in [1.807, 2.05) is 57.5 Å². The minimum Gasteiger partial charge on any atom is -0.300 e. The molecular formula is C28H37Cl8N3. The maximum atomic E-state index is 7.24. The maximum Gasteiger partial charge on any atom is 0.0723 e. The smallest absolute Gasteiger partial charge is 0.0723 e. The fraction of sp³-hybridized carbons (Fsp3) is 0.571. The second-order valence-electron chi connectivity index (χ2n) is 9.67. The minimum atomic E-state index is -0.873. The van der Waals surface area contributed by atoms with Gasteiger partial charge in [0.25, 0.3) is 0 Å². The average Bonchev–Trinajstić information content (AvgIpc) is 2.91. The number of nitrogens with zero attached hydrogens (tertiary/aromatic N) is 3. The SMILES string of the molecule is CN(CCCl)C(CCl)C(c1ccc(Cl)cc1)(C(CCl)N(C)CCCl)C(CCl)(c1ccc(Cl)cc1)N(C)CCCl. The fourth-order valence-corrected chi connectivity index (χ4v) is 8.56. The van der Waals surface area contributed by atoms with Crippen LogP contribution >= 0.6 is 92.8 Å². The van der Waals surface area contributed by atoms with Crippen molar-refractivity contribution in [1.29, 1.82) is 0 Å². The van der Waals surface area contributed by atoms with Crippen molar-refractivity contribution in [2.45, 2.75) is 23.0 Å². The molecule has 0 saturated heterocycles. The molecule has 39 heavy (non-hydrogen) atoms. The molecule has 220 valence electrons. The third-order valence-electron chi connectivity index (χ3n) is 7.88. The summed E-state index contributed by atoms with van der Waals surface area (Å²) in [5.41, 5.74) is 0.234. The Morgan fingerprint density at radius 2 is 0.974 bits per heavy atom. The Morgan fingerprint density at radius 3 is 1.31 bits per heavy atom. The van der Waals surface area contributed by atoms with Gasteiger partial charge in [0.1, 0.15) is 0 Å². The highest BCUT2D eigenvalue weighted by molar-refractivity contribution is 6.31. The number of hydrogen-bond acceptors (Lipinski definition) is 3. The molecule has 0 heterocycles. The molecular weight excluding hydrogens is 662 g/mol. The van der Waals surface area contributed by atoms with Crippen molar-refractivity contribution in [1.82, 2.24) is 14.7 Å². The highest BCUT2D eigenvalue weighted by atomic mass is 35.5. The van der Waals surface area contributed by atoms with Gasteiger partial charge in [-0.3, -0.25) is 4.90 Å². The molecule has 0 N–H and O–H groups in total. The van der Waals surface area contributed by atoms with E-state index in [-0.39, 0.29) is 29.7 Å². The number of alkyl halides is 6. The maximum absolute atomic E-state index is 7.24. The van der Waals surface area contributed by atoms with Crippen LogP contribution in [0.5, 0.6) is 0 Å². The number of hydrogen-bond donors (Lipinski definition) is 0. The largest absolute Gasteiger partial charge is 0.300 e. The summed E-state index contributed by atoms with van der Waals surface area (Å²) in [4.78, 5) is 6.63. The van der Waals surface area contributed by atoms with Gasteiger partial charge in [-0.1, -0.05) is 47.5 Å². The zero-order valence-electron chi connectivity index (χ0n) is 22.5. The van der Waals surface area contributed by atoms with Crippen LogP contribution in [0.3, 0.4) is 0 Å². The van der Waals surface area contributed by atoms with Crippen LogP contribution in [0.1, 0.15) is 11.1 Å². The summed E-state index contributed by atoms with van der Waals surface area (Å²) in [7, 11) is 6.12. The van der Waals surface area contributed by atoms with Crippen molar-refractivity contribution in [3.63, 3.8) is 0 Å². The molecule has 0 aliphatic heterocycles. The summed E-state index contributed by atoms with van der Waals surface area (Å²) in [5.74, 6) is 2.00. The highest BCUT2D eigenvalue weighted by Gasteiger charge is 2.64. The van der Waals surface area contributed by atoms with Crippen LogP contribution in [-0.2, 0) is 11.0 Å². The Labute approximate surface area is 274 Å². The van der Waals surface area contributed by atoms with Gasteiger partial charge in [0.2, 0.25) is 0 Å². The van der Waals surface area contributed by atoms with Crippen molar-refractivity contribution in [3.8, 4) is 0 Å². The topological polar surface area (TPSA) is 9.72 Å². The second-order valence-corrected chi connectivity index (χ2v) is 12.6. The molecule has 3 unspecified atom stereocenters. The zero-order chi connectivity index (χ0) is 29.2. The van der Waals surface area contributed by atoms with E-state index in [0.29, 0.717) is 47.3 Å². The highest BCUT2D eigenvalue weighted by Crippen LogP contribution is 2.54. The molecule has 0 aromatic heterocycles. The third kappa shape index (κ3) is 7.42. The normalized spacial score (nSPS) is 16.9. The van der Waals surface area contributed by atoms with Crippen molar-refractivity contribution in [2.75, 3.05) is 76.1 Å². The zero-order valence-corrected chi connectivity index (χ0v) is 28.6. The van der Waals surface area contributed by atoms with E-state index >= 15 is 0 Å². The van der Waals surface area contributed by atoms with Gasteiger partial charge in [-0.05, 0) is 56.5 Å². The number of benzene rings is 2. The number of rotatable bonds is 17. The van der Waals surface area contributed by atoms with Gasteiger partial charge >= 0.3 is 0 Å². The molecule has 2 aromatic rings. The molecule has 0 spiro atoms. The van der Waals surface area contributed by atoms with E-state index in [2.05, 4.69) is 26.8 Å². The van der Waals surface area contributed by atoms with Crippen molar-refractivity contribution in [2.24, 2.45) is 0 Å². The first kappa shape index (κ1) is 35.8. The Hall–Kier alpha value is 0.640. The Bertz CT molecular complexity index is 958. The predicted molar refractivity (Wildman–Crippen MR) is 176 cm³/mol. The van der Waals surface area contributed by atoms with E-state index in [4.69, 9.17) is 92.8 Å².